The summed E-state index contributed by atoms with van der Waals surface area (Å²) < 4.78 is 14.4. The van der Waals surface area contributed by atoms with Gasteiger partial charge in [0.05, 0.1) is 0 Å². The predicted octanol–water partition coefficient (Wildman–Crippen LogP) is 5.58. The Morgan fingerprint density at radius 1 is 1.12 bits per heavy atom. The highest BCUT2D eigenvalue weighted by molar-refractivity contribution is 5.57. The molecule has 5 heteroatoms. The predicted molar refractivity (Wildman–Crippen MR) is 134 cm³/mol. The highest BCUT2D eigenvalue weighted by atomic mass is 19.1. The summed E-state index contributed by atoms with van der Waals surface area (Å²) in [6, 6.07) is 14.7. The van der Waals surface area contributed by atoms with Gasteiger partial charge in [-0.3, -0.25) is 5.32 Å². The molecule has 3 N–H and O–H groups in total. The molecule has 2 aromatic rings. The van der Waals surface area contributed by atoms with E-state index in [-0.39, 0.29) is 17.9 Å². The van der Waals surface area contributed by atoms with E-state index in [4.69, 9.17) is 0 Å². The summed E-state index contributed by atoms with van der Waals surface area (Å²) in [5.74, 6) is -0.298. The number of aryl methyl sites for hydroxylation is 1. The first-order valence-electron chi connectivity index (χ1n) is 12.4. The van der Waals surface area contributed by atoms with Crippen LogP contribution in [0.5, 0.6) is 0 Å². The van der Waals surface area contributed by atoms with Gasteiger partial charge in [0.1, 0.15) is 17.6 Å². The molecule has 33 heavy (non-hydrogen) atoms. The van der Waals surface area contributed by atoms with Crippen molar-refractivity contribution in [2.75, 3.05) is 11.4 Å². The standard InChI is InChI=1S/C28H38FN3O/c1-20-11-7-8-16-25(20)27(28(3,33)31-23-13-5-4-6-14-23)32(21(2)26-17-10-18-30-26)24-15-9-12-22(29)19-24/h7-9,11-12,15-16,19,23,26-27,30-31,33H,2,4-6,10,13-14,17-18H2,1,3H3/t26-,27+,28?/m1/s1. The first-order valence-corrected chi connectivity index (χ1v) is 12.4. The molecule has 2 aromatic carbocycles. The lowest BCUT2D eigenvalue weighted by molar-refractivity contribution is -0.0181. The summed E-state index contributed by atoms with van der Waals surface area (Å²) in [7, 11) is 0. The van der Waals surface area contributed by atoms with Crippen LogP contribution in [-0.4, -0.2) is 29.5 Å². The molecule has 178 valence electrons. The number of rotatable bonds is 8. The van der Waals surface area contributed by atoms with E-state index < -0.39 is 11.8 Å². The maximum Gasteiger partial charge on any atom is 0.138 e. The summed E-state index contributed by atoms with van der Waals surface area (Å²) in [5, 5.41) is 19.2. The molecule has 2 fully saturated rings. The number of benzene rings is 2. The molecule has 1 aliphatic heterocycles. The molecule has 0 bridgehead atoms. The van der Waals surface area contributed by atoms with Crippen LogP contribution >= 0.6 is 0 Å². The lowest BCUT2D eigenvalue weighted by Crippen LogP contribution is -2.58. The zero-order valence-corrected chi connectivity index (χ0v) is 20.0. The number of halogens is 1. The summed E-state index contributed by atoms with van der Waals surface area (Å²) >= 11 is 0. The quantitative estimate of drug-likeness (QED) is 0.459. The van der Waals surface area contributed by atoms with Gasteiger partial charge >= 0.3 is 0 Å². The fourth-order valence-corrected chi connectivity index (χ4v) is 5.57. The molecule has 0 radical (unpaired) electrons. The number of nitrogens with zero attached hydrogens (tertiary/aromatic N) is 1. The van der Waals surface area contributed by atoms with Crippen molar-refractivity contribution in [2.24, 2.45) is 0 Å². The monoisotopic (exact) mass is 451 g/mol. The summed E-state index contributed by atoms with van der Waals surface area (Å²) in [5.41, 5.74) is 2.39. The average Bonchev–Trinajstić information content (AvgIpc) is 3.33. The van der Waals surface area contributed by atoms with Crippen molar-refractivity contribution in [3.05, 3.63) is 77.8 Å². The van der Waals surface area contributed by atoms with Crippen LogP contribution in [0.3, 0.4) is 0 Å². The summed E-state index contributed by atoms with van der Waals surface area (Å²) in [4.78, 5) is 2.06. The molecule has 0 spiro atoms. The molecule has 4 rings (SSSR count). The topological polar surface area (TPSA) is 47.5 Å². The van der Waals surface area contributed by atoms with Crippen molar-refractivity contribution in [1.82, 2.24) is 10.6 Å². The molecule has 1 unspecified atom stereocenters. The van der Waals surface area contributed by atoms with Gasteiger partial charge in [0, 0.05) is 23.5 Å². The lowest BCUT2D eigenvalue weighted by atomic mass is 9.88. The fraction of sp³-hybridized carbons (Fsp3) is 0.500. The Hall–Kier alpha value is -2.21. The van der Waals surface area contributed by atoms with Gasteiger partial charge in [0.2, 0.25) is 0 Å². The zero-order valence-electron chi connectivity index (χ0n) is 20.0. The maximum atomic E-state index is 14.4. The van der Waals surface area contributed by atoms with Crippen molar-refractivity contribution in [2.45, 2.75) is 82.6 Å². The van der Waals surface area contributed by atoms with Gasteiger partial charge < -0.3 is 15.3 Å². The Balaban J connectivity index is 1.82. The van der Waals surface area contributed by atoms with Gasteiger partial charge in [-0.15, -0.1) is 0 Å². The van der Waals surface area contributed by atoms with Gasteiger partial charge in [-0.05, 0) is 75.4 Å². The number of hydrogen-bond donors (Lipinski definition) is 3. The van der Waals surface area contributed by atoms with Gasteiger partial charge in [0.25, 0.3) is 0 Å². The summed E-state index contributed by atoms with van der Waals surface area (Å²) in [6.07, 6.45) is 7.77. The van der Waals surface area contributed by atoms with Crippen molar-refractivity contribution in [3.63, 3.8) is 0 Å². The summed E-state index contributed by atoms with van der Waals surface area (Å²) in [6.45, 7) is 9.35. The van der Waals surface area contributed by atoms with Crippen LogP contribution in [0.25, 0.3) is 0 Å². The van der Waals surface area contributed by atoms with E-state index >= 15 is 0 Å². The van der Waals surface area contributed by atoms with Gasteiger partial charge in [-0.25, -0.2) is 4.39 Å². The normalized spacial score (nSPS) is 22.0. The molecule has 0 amide bonds. The van der Waals surface area contributed by atoms with E-state index in [0.717, 1.165) is 49.1 Å². The second kappa shape index (κ2) is 10.4. The number of aliphatic hydroxyl groups is 1. The smallest absolute Gasteiger partial charge is 0.138 e. The third kappa shape index (κ3) is 5.48. The van der Waals surface area contributed by atoms with Gasteiger partial charge in [-0.1, -0.05) is 56.2 Å². The number of hydrogen-bond acceptors (Lipinski definition) is 4. The fourth-order valence-electron chi connectivity index (χ4n) is 5.57. The molecule has 1 heterocycles. The average molecular weight is 452 g/mol. The second-order valence-corrected chi connectivity index (χ2v) is 9.88. The van der Waals surface area contributed by atoms with E-state index in [1.165, 1.54) is 25.3 Å². The van der Waals surface area contributed by atoms with E-state index in [1.54, 1.807) is 12.1 Å². The molecular weight excluding hydrogens is 413 g/mol. The Labute approximate surface area is 197 Å². The Kier molecular flexibility index (Phi) is 7.52. The highest BCUT2D eigenvalue weighted by Gasteiger charge is 2.42. The lowest BCUT2D eigenvalue weighted by Gasteiger charge is -2.47. The second-order valence-electron chi connectivity index (χ2n) is 9.88. The molecule has 2 aliphatic rings. The van der Waals surface area contributed by atoms with Crippen LogP contribution < -0.4 is 15.5 Å². The minimum atomic E-state index is -1.26. The number of anilines is 1. The van der Waals surface area contributed by atoms with E-state index in [0.29, 0.717) is 5.69 Å². The Bertz CT molecular complexity index is 948. The Morgan fingerprint density at radius 2 is 1.88 bits per heavy atom. The first-order chi connectivity index (χ1) is 15.9. The minimum Gasteiger partial charge on any atom is -0.374 e. The van der Waals surface area contributed by atoms with Gasteiger partial charge in [0.15, 0.2) is 0 Å². The van der Waals surface area contributed by atoms with Crippen LogP contribution in [-0.2, 0) is 0 Å². The van der Waals surface area contributed by atoms with Crippen molar-refractivity contribution < 1.29 is 9.50 Å². The minimum absolute atomic E-state index is 0.0882. The third-order valence-electron chi connectivity index (χ3n) is 7.23. The van der Waals surface area contributed by atoms with Crippen LogP contribution in [0.4, 0.5) is 10.1 Å². The van der Waals surface area contributed by atoms with E-state index in [2.05, 4.69) is 41.2 Å². The molecule has 1 aliphatic carbocycles. The van der Waals surface area contributed by atoms with Gasteiger partial charge in [-0.2, -0.15) is 0 Å². The molecular formula is C28H38FN3O. The van der Waals surface area contributed by atoms with E-state index in [9.17, 15) is 9.50 Å². The molecule has 0 aromatic heterocycles. The van der Waals surface area contributed by atoms with Crippen LogP contribution in [0, 0.1) is 12.7 Å². The SMILES string of the molecule is C=C([C@H]1CCCN1)N(c1cccc(F)c1)[C@@H](c1ccccc1C)C(C)(O)NC1CCCCC1. The molecule has 3 atom stereocenters. The molecule has 4 nitrogen and oxygen atoms in total. The van der Waals surface area contributed by atoms with E-state index in [1.807, 2.05) is 25.1 Å². The molecule has 1 saturated heterocycles. The zero-order chi connectivity index (χ0) is 23.4. The highest BCUT2D eigenvalue weighted by Crippen LogP contribution is 2.40. The van der Waals surface area contributed by atoms with Crippen LogP contribution in [0.15, 0.2) is 60.8 Å². The van der Waals surface area contributed by atoms with Crippen molar-refractivity contribution >= 4 is 5.69 Å². The van der Waals surface area contributed by atoms with Crippen molar-refractivity contribution in [1.29, 1.82) is 0 Å². The molecule has 1 saturated carbocycles. The maximum absolute atomic E-state index is 14.4. The largest absolute Gasteiger partial charge is 0.374 e. The van der Waals surface area contributed by atoms with Crippen LogP contribution in [0.2, 0.25) is 0 Å². The third-order valence-corrected chi connectivity index (χ3v) is 7.23. The first kappa shape index (κ1) is 23.9. The van der Waals surface area contributed by atoms with Crippen LogP contribution in [0.1, 0.15) is 69.0 Å². The van der Waals surface area contributed by atoms with Crippen molar-refractivity contribution in [3.8, 4) is 0 Å². The Morgan fingerprint density at radius 3 is 2.55 bits per heavy atom. The number of nitrogens with one attached hydrogen (secondary N) is 2.